The van der Waals surface area contributed by atoms with E-state index in [0.717, 1.165) is 0 Å². The molecule has 3 amide bonds. The molecular weight excluding hydrogens is 354 g/mol. The molecule has 0 unspecified atom stereocenters. The van der Waals surface area contributed by atoms with E-state index in [4.69, 9.17) is 14.2 Å². The maximum atomic E-state index is 12.8. The molecule has 27 heavy (non-hydrogen) atoms. The molecule has 0 heterocycles. The highest BCUT2D eigenvalue weighted by Gasteiger charge is 2.24. The van der Waals surface area contributed by atoms with E-state index in [9.17, 15) is 14.4 Å². The van der Waals surface area contributed by atoms with Gasteiger partial charge in [0.15, 0.2) is 0 Å². The minimum Gasteiger partial charge on any atom is -0.364 e. The van der Waals surface area contributed by atoms with Crippen molar-refractivity contribution in [3.63, 3.8) is 0 Å². The van der Waals surface area contributed by atoms with E-state index in [1.807, 2.05) is 0 Å². The molecule has 0 aromatic heterocycles. The molecule has 0 aliphatic rings. The van der Waals surface area contributed by atoms with Gasteiger partial charge in [-0.15, -0.1) is 0 Å². The summed E-state index contributed by atoms with van der Waals surface area (Å²) >= 11 is 0. The highest BCUT2D eigenvalue weighted by Crippen LogP contribution is 2.18. The first-order valence-electron chi connectivity index (χ1n) is 8.15. The standard InChI is InChI=1S/C18H27N3O6/c1-19(10-25-4)16(22)13-7-8-14(17(23)20(2)11-26-5)15(9-13)18(24)21(3)12-27-6/h7-9H,10-12H2,1-6H3. The van der Waals surface area contributed by atoms with E-state index in [2.05, 4.69) is 0 Å². The fraction of sp³-hybridized carbons (Fsp3) is 0.500. The van der Waals surface area contributed by atoms with Gasteiger partial charge in [-0.1, -0.05) is 0 Å². The summed E-state index contributed by atoms with van der Waals surface area (Å²) in [5.74, 6) is -1.16. The molecule has 9 heteroatoms. The van der Waals surface area contributed by atoms with Gasteiger partial charge in [-0.25, -0.2) is 0 Å². The zero-order valence-corrected chi connectivity index (χ0v) is 16.6. The van der Waals surface area contributed by atoms with Crippen LogP contribution in [-0.4, -0.2) is 95.1 Å². The van der Waals surface area contributed by atoms with Crippen LogP contribution < -0.4 is 0 Å². The number of methoxy groups -OCH3 is 3. The van der Waals surface area contributed by atoms with Crippen molar-refractivity contribution in [3.8, 4) is 0 Å². The fourth-order valence-electron chi connectivity index (χ4n) is 2.43. The van der Waals surface area contributed by atoms with Crippen LogP contribution in [0.15, 0.2) is 18.2 Å². The Morgan fingerprint density at radius 2 is 1.11 bits per heavy atom. The lowest BCUT2D eigenvalue weighted by molar-refractivity contribution is 0.0470. The first kappa shape index (κ1) is 22.6. The molecule has 0 saturated carbocycles. The summed E-state index contributed by atoms with van der Waals surface area (Å²) in [6.07, 6.45) is 0. The Bertz CT molecular complexity index is 679. The molecule has 0 spiro atoms. The van der Waals surface area contributed by atoms with Crippen LogP contribution >= 0.6 is 0 Å². The van der Waals surface area contributed by atoms with Gasteiger partial charge in [-0.05, 0) is 18.2 Å². The summed E-state index contributed by atoms with van der Waals surface area (Å²) in [7, 11) is 9.09. The van der Waals surface area contributed by atoms with Crippen LogP contribution in [0.4, 0.5) is 0 Å². The molecule has 0 radical (unpaired) electrons. The van der Waals surface area contributed by atoms with E-state index in [1.165, 1.54) is 54.2 Å². The second-order valence-electron chi connectivity index (χ2n) is 6.02. The average molecular weight is 381 g/mol. The van der Waals surface area contributed by atoms with Gasteiger partial charge >= 0.3 is 0 Å². The molecule has 9 nitrogen and oxygen atoms in total. The fourth-order valence-corrected chi connectivity index (χ4v) is 2.43. The van der Waals surface area contributed by atoms with Crippen molar-refractivity contribution in [1.29, 1.82) is 0 Å². The lowest BCUT2D eigenvalue weighted by atomic mass is 10.0. The number of carbonyl (C=O) groups is 3. The summed E-state index contributed by atoms with van der Waals surface area (Å²) in [6.45, 7) is 0.211. The highest BCUT2D eigenvalue weighted by molar-refractivity contribution is 6.09. The summed E-state index contributed by atoms with van der Waals surface area (Å²) in [5, 5.41) is 0. The Morgan fingerprint density at radius 3 is 1.56 bits per heavy atom. The van der Waals surface area contributed by atoms with E-state index < -0.39 is 11.8 Å². The smallest absolute Gasteiger partial charge is 0.256 e. The molecule has 0 atom stereocenters. The molecule has 150 valence electrons. The van der Waals surface area contributed by atoms with Crippen LogP contribution in [0.1, 0.15) is 31.1 Å². The number of hydrogen-bond donors (Lipinski definition) is 0. The Morgan fingerprint density at radius 1 is 0.704 bits per heavy atom. The number of ether oxygens (including phenoxy) is 3. The molecule has 0 bridgehead atoms. The van der Waals surface area contributed by atoms with Crippen molar-refractivity contribution in [1.82, 2.24) is 14.7 Å². The van der Waals surface area contributed by atoms with Crippen LogP contribution in [0.2, 0.25) is 0 Å². The van der Waals surface area contributed by atoms with Gasteiger partial charge in [0.2, 0.25) is 0 Å². The first-order valence-corrected chi connectivity index (χ1v) is 8.15. The minimum atomic E-state index is -0.435. The Labute approximate surface area is 159 Å². The molecule has 1 rings (SSSR count). The van der Waals surface area contributed by atoms with E-state index in [1.54, 1.807) is 21.1 Å². The van der Waals surface area contributed by atoms with Crippen molar-refractivity contribution in [2.45, 2.75) is 0 Å². The van der Waals surface area contributed by atoms with Gasteiger partial charge in [0.1, 0.15) is 20.2 Å². The van der Waals surface area contributed by atoms with Gasteiger partial charge in [-0.3, -0.25) is 14.4 Å². The molecule has 0 aliphatic carbocycles. The second kappa shape index (κ2) is 10.6. The van der Waals surface area contributed by atoms with E-state index >= 15 is 0 Å². The van der Waals surface area contributed by atoms with Crippen LogP contribution in [0.5, 0.6) is 0 Å². The number of nitrogens with zero attached hydrogens (tertiary/aromatic N) is 3. The highest BCUT2D eigenvalue weighted by atomic mass is 16.5. The van der Waals surface area contributed by atoms with Crippen molar-refractivity contribution < 1.29 is 28.6 Å². The van der Waals surface area contributed by atoms with Crippen LogP contribution in [0.25, 0.3) is 0 Å². The van der Waals surface area contributed by atoms with Gasteiger partial charge < -0.3 is 28.9 Å². The molecule has 1 aromatic rings. The number of benzene rings is 1. The SMILES string of the molecule is COCN(C)C(=O)c1ccc(C(=O)N(C)COC)c(C(=O)N(C)COC)c1. The third-order valence-electron chi connectivity index (χ3n) is 3.74. The molecule has 0 saturated heterocycles. The normalized spacial score (nSPS) is 10.4. The van der Waals surface area contributed by atoms with Crippen LogP contribution in [-0.2, 0) is 14.2 Å². The van der Waals surface area contributed by atoms with Crippen molar-refractivity contribution >= 4 is 17.7 Å². The summed E-state index contributed by atoms with van der Waals surface area (Å²) in [6, 6.07) is 4.39. The Balaban J connectivity index is 3.36. The monoisotopic (exact) mass is 381 g/mol. The van der Waals surface area contributed by atoms with E-state index in [-0.39, 0.29) is 42.8 Å². The number of amides is 3. The number of carbonyl (C=O) groups excluding carboxylic acids is 3. The molecule has 1 aromatic carbocycles. The van der Waals surface area contributed by atoms with Crippen molar-refractivity contribution in [3.05, 3.63) is 34.9 Å². The van der Waals surface area contributed by atoms with Gasteiger partial charge in [0, 0.05) is 48.0 Å². The quantitative estimate of drug-likeness (QED) is 0.586. The topological polar surface area (TPSA) is 88.6 Å². The maximum Gasteiger partial charge on any atom is 0.256 e. The summed E-state index contributed by atoms with van der Waals surface area (Å²) < 4.78 is 14.9. The third kappa shape index (κ3) is 5.75. The summed E-state index contributed by atoms with van der Waals surface area (Å²) in [5.41, 5.74) is 0.558. The first-order chi connectivity index (χ1) is 12.8. The zero-order chi connectivity index (χ0) is 20.6. The van der Waals surface area contributed by atoms with Gasteiger partial charge in [-0.2, -0.15) is 0 Å². The van der Waals surface area contributed by atoms with E-state index in [0.29, 0.717) is 0 Å². The second-order valence-corrected chi connectivity index (χ2v) is 6.02. The molecule has 0 aliphatic heterocycles. The van der Waals surface area contributed by atoms with Crippen molar-refractivity contribution in [2.24, 2.45) is 0 Å². The molecular formula is C18H27N3O6. The largest absolute Gasteiger partial charge is 0.364 e. The summed E-state index contributed by atoms with van der Waals surface area (Å²) in [4.78, 5) is 42.0. The Kier molecular flexibility index (Phi) is 8.86. The van der Waals surface area contributed by atoms with Gasteiger partial charge in [0.05, 0.1) is 11.1 Å². The van der Waals surface area contributed by atoms with Crippen LogP contribution in [0.3, 0.4) is 0 Å². The van der Waals surface area contributed by atoms with Crippen LogP contribution in [0, 0.1) is 0 Å². The lowest BCUT2D eigenvalue weighted by Crippen LogP contribution is -2.34. The average Bonchev–Trinajstić information content (AvgIpc) is 2.66. The molecule has 0 N–H and O–H groups in total. The predicted molar refractivity (Wildman–Crippen MR) is 98.4 cm³/mol. The van der Waals surface area contributed by atoms with Crippen molar-refractivity contribution in [2.75, 3.05) is 62.7 Å². The molecule has 0 fully saturated rings. The Hall–Kier alpha value is -2.49. The van der Waals surface area contributed by atoms with Gasteiger partial charge in [0.25, 0.3) is 17.7 Å². The minimum absolute atomic E-state index is 0.0438. The third-order valence-corrected chi connectivity index (χ3v) is 3.74. The maximum absolute atomic E-state index is 12.8. The lowest BCUT2D eigenvalue weighted by Gasteiger charge is -2.22. The number of rotatable bonds is 9. The zero-order valence-electron chi connectivity index (χ0n) is 16.6. The predicted octanol–water partition coefficient (Wildman–Crippen LogP) is 0.714. The number of hydrogen-bond acceptors (Lipinski definition) is 6.